The summed E-state index contributed by atoms with van der Waals surface area (Å²) in [6.07, 6.45) is 12.2. The SMILES string of the molecule is Nc1ccc(OCCCCCCCCOc2ccc(C=CCc3ccccc3)cc2)c(N)c1. The summed E-state index contributed by atoms with van der Waals surface area (Å²) >= 11 is 0. The fraction of sp³-hybridized carbons (Fsp3) is 0.310. The van der Waals surface area contributed by atoms with Crippen LogP contribution in [0.3, 0.4) is 0 Å². The molecular formula is C29H36N2O2. The number of nitrogens with two attached hydrogens (primary N) is 2. The van der Waals surface area contributed by atoms with Crippen LogP contribution in [0.1, 0.15) is 49.7 Å². The molecule has 0 unspecified atom stereocenters. The molecule has 4 N–H and O–H groups in total. The molecule has 0 aliphatic carbocycles. The molecule has 0 saturated heterocycles. The topological polar surface area (TPSA) is 70.5 Å². The molecule has 33 heavy (non-hydrogen) atoms. The number of ether oxygens (including phenoxy) is 2. The van der Waals surface area contributed by atoms with Crippen molar-refractivity contribution < 1.29 is 9.47 Å². The number of nitrogen functional groups attached to an aromatic ring is 2. The van der Waals surface area contributed by atoms with Crippen LogP contribution < -0.4 is 20.9 Å². The molecule has 0 amide bonds. The summed E-state index contributed by atoms with van der Waals surface area (Å²) in [4.78, 5) is 0. The molecule has 0 atom stereocenters. The first-order valence-corrected chi connectivity index (χ1v) is 11.9. The second-order valence-electron chi connectivity index (χ2n) is 8.28. The van der Waals surface area contributed by atoms with Crippen molar-refractivity contribution in [3.63, 3.8) is 0 Å². The Balaban J connectivity index is 1.19. The number of hydrogen-bond donors (Lipinski definition) is 2. The molecule has 0 fully saturated rings. The molecule has 0 bridgehead atoms. The summed E-state index contributed by atoms with van der Waals surface area (Å²) in [6.45, 7) is 1.46. The molecule has 174 valence electrons. The van der Waals surface area contributed by atoms with E-state index in [1.807, 2.05) is 18.2 Å². The lowest BCUT2D eigenvalue weighted by atomic mass is 10.1. The molecule has 0 aliphatic rings. The summed E-state index contributed by atoms with van der Waals surface area (Å²) in [5.74, 6) is 1.66. The van der Waals surface area contributed by atoms with Crippen LogP contribution in [-0.2, 0) is 6.42 Å². The van der Waals surface area contributed by atoms with Crippen LogP contribution in [0, 0.1) is 0 Å². The van der Waals surface area contributed by atoms with Gasteiger partial charge in [0.15, 0.2) is 0 Å². The van der Waals surface area contributed by atoms with Gasteiger partial charge >= 0.3 is 0 Å². The Labute approximate surface area is 198 Å². The Morgan fingerprint density at radius 2 is 1.33 bits per heavy atom. The average molecular weight is 445 g/mol. The molecular weight excluding hydrogens is 408 g/mol. The molecule has 3 rings (SSSR count). The van der Waals surface area contributed by atoms with Crippen molar-refractivity contribution in [3.8, 4) is 11.5 Å². The highest BCUT2D eigenvalue weighted by Gasteiger charge is 2.00. The summed E-state index contributed by atoms with van der Waals surface area (Å²) < 4.78 is 11.6. The van der Waals surface area contributed by atoms with Crippen LogP contribution in [0.5, 0.6) is 11.5 Å². The second kappa shape index (κ2) is 13.9. The Hall–Kier alpha value is -3.40. The van der Waals surface area contributed by atoms with Gasteiger partial charge in [-0.1, -0.05) is 80.3 Å². The Morgan fingerprint density at radius 1 is 0.667 bits per heavy atom. The van der Waals surface area contributed by atoms with Gasteiger partial charge < -0.3 is 20.9 Å². The summed E-state index contributed by atoms with van der Waals surface area (Å²) in [6, 6.07) is 24.2. The highest BCUT2D eigenvalue weighted by molar-refractivity contribution is 5.60. The third-order valence-electron chi connectivity index (χ3n) is 5.49. The first kappa shape index (κ1) is 24.2. The van der Waals surface area contributed by atoms with Gasteiger partial charge in [-0.05, 0) is 60.7 Å². The maximum absolute atomic E-state index is 5.90. The summed E-state index contributed by atoms with van der Waals surface area (Å²) in [7, 11) is 0. The minimum atomic E-state index is 0.601. The normalized spacial score (nSPS) is 11.0. The van der Waals surface area contributed by atoms with E-state index in [1.165, 1.54) is 30.4 Å². The van der Waals surface area contributed by atoms with E-state index in [2.05, 4.69) is 60.7 Å². The molecule has 0 saturated carbocycles. The maximum Gasteiger partial charge on any atom is 0.142 e. The third-order valence-corrected chi connectivity index (χ3v) is 5.49. The number of anilines is 2. The lowest BCUT2D eigenvalue weighted by Gasteiger charge is -2.09. The van der Waals surface area contributed by atoms with Crippen molar-refractivity contribution in [2.24, 2.45) is 0 Å². The van der Waals surface area contributed by atoms with Gasteiger partial charge in [-0.15, -0.1) is 0 Å². The zero-order chi connectivity index (χ0) is 23.1. The van der Waals surface area contributed by atoms with E-state index in [4.69, 9.17) is 20.9 Å². The van der Waals surface area contributed by atoms with Crippen LogP contribution >= 0.6 is 0 Å². The highest BCUT2D eigenvalue weighted by atomic mass is 16.5. The first-order chi connectivity index (χ1) is 16.2. The number of unbranched alkanes of at least 4 members (excludes halogenated alkanes) is 5. The van der Waals surface area contributed by atoms with Gasteiger partial charge in [0.05, 0.1) is 18.9 Å². The zero-order valence-electron chi connectivity index (χ0n) is 19.4. The van der Waals surface area contributed by atoms with Crippen molar-refractivity contribution in [1.29, 1.82) is 0 Å². The van der Waals surface area contributed by atoms with Crippen LogP contribution in [0.4, 0.5) is 11.4 Å². The van der Waals surface area contributed by atoms with E-state index >= 15 is 0 Å². The van der Waals surface area contributed by atoms with E-state index in [1.54, 1.807) is 6.07 Å². The van der Waals surface area contributed by atoms with Gasteiger partial charge in [-0.2, -0.15) is 0 Å². The minimum Gasteiger partial charge on any atom is -0.494 e. The van der Waals surface area contributed by atoms with E-state index in [0.29, 0.717) is 18.0 Å². The molecule has 3 aromatic carbocycles. The van der Waals surface area contributed by atoms with Crippen molar-refractivity contribution in [1.82, 2.24) is 0 Å². The van der Waals surface area contributed by atoms with Crippen LogP contribution in [0.25, 0.3) is 6.08 Å². The Bertz CT molecular complexity index is 969. The monoisotopic (exact) mass is 444 g/mol. The molecule has 0 aromatic heterocycles. The molecule has 0 radical (unpaired) electrons. The number of benzene rings is 3. The minimum absolute atomic E-state index is 0.601. The third kappa shape index (κ3) is 9.32. The van der Waals surface area contributed by atoms with Gasteiger partial charge in [-0.3, -0.25) is 0 Å². The molecule has 0 spiro atoms. The van der Waals surface area contributed by atoms with Crippen LogP contribution in [0.15, 0.2) is 78.9 Å². The molecule has 3 aromatic rings. The number of hydrogen-bond acceptors (Lipinski definition) is 4. The predicted molar refractivity (Wildman–Crippen MR) is 140 cm³/mol. The lowest BCUT2D eigenvalue weighted by molar-refractivity contribution is 0.297. The van der Waals surface area contributed by atoms with Gasteiger partial charge in [0.25, 0.3) is 0 Å². The van der Waals surface area contributed by atoms with Crippen molar-refractivity contribution in [3.05, 3.63) is 90.0 Å². The fourth-order valence-corrected chi connectivity index (χ4v) is 3.60. The molecule has 0 heterocycles. The van der Waals surface area contributed by atoms with Crippen LogP contribution in [-0.4, -0.2) is 13.2 Å². The van der Waals surface area contributed by atoms with E-state index in [0.717, 1.165) is 43.8 Å². The lowest BCUT2D eigenvalue weighted by Crippen LogP contribution is -2.01. The number of allylic oxidation sites excluding steroid dienone is 1. The fourth-order valence-electron chi connectivity index (χ4n) is 3.60. The van der Waals surface area contributed by atoms with Crippen molar-refractivity contribution >= 4 is 17.5 Å². The standard InChI is InChI=1S/C29H36N2O2/c30-26-17-20-29(28(31)23-26)33-22-9-4-2-1-3-8-21-32-27-18-15-25(16-19-27)14-10-13-24-11-6-5-7-12-24/h5-7,10-12,14-20,23H,1-4,8-9,13,21-22,30-31H2. The molecule has 4 nitrogen and oxygen atoms in total. The van der Waals surface area contributed by atoms with E-state index in [9.17, 15) is 0 Å². The molecule has 0 aliphatic heterocycles. The smallest absolute Gasteiger partial charge is 0.142 e. The van der Waals surface area contributed by atoms with Crippen molar-refractivity contribution in [2.75, 3.05) is 24.7 Å². The second-order valence-corrected chi connectivity index (χ2v) is 8.28. The average Bonchev–Trinajstić information content (AvgIpc) is 2.83. The predicted octanol–water partition coefficient (Wildman–Crippen LogP) is 6.91. The zero-order valence-corrected chi connectivity index (χ0v) is 19.4. The largest absolute Gasteiger partial charge is 0.494 e. The summed E-state index contributed by atoms with van der Waals surface area (Å²) in [5, 5.41) is 0. The highest BCUT2D eigenvalue weighted by Crippen LogP contribution is 2.23. The Kier molecular flexibility index (Phi) is 10.2. The van der Waals surface area contributed by atoms with Gasteiger partial charge in [0.1, 0.15) is 11.5 Å². The number of rotatable bonds is 14. The summed E-state index contributed by atoms with van der Waals surface area (Å²) in [5.41, 5.74) is 15.4. The van der Waals surface area contributed by atoms with E-state index < -0.39 is 0 Å². The van der Waals surface area contributed by atoms with Gasteiger partial charge in [-0.25, -0.2) is 0 Å². The quantitative estimate of drug-likeness (QED) is 0.209. The molecule has 4 heteroatoms. The first-order valence-electron chi connectivity index (χ1n) is 11.9. The van der Waals surface area contributed by atoms with Gasteiger partial charge in [0, 0.05) is 5.69 Å². The van der Waals surface area contributed by atoms with Crippen LogP contribution in [0.2, 0.25) is 0 Å². The van der Waals surface area contributed by atoms with Gasteiger partial charge in [0.2, 0.25) is 0 Å². The Morgan fingerprint density at radius 3 is 2.03 bits per heavy atom. The van der Waals surface area contributed by atoms with Crippen molar-refractivity contribution in [2.45, 2.75) is 44.9 Å². The maximum atomic E-state index is 5.90. The van der Waals surface area contributed by atoms with E-state index in [-0.39, 0.29) is 0 Å².